The van der Waals surface area contributed by atoms with Gasteiger partial charge >= 0.3 is 0 Å². The fourth-order valence-corrected chi connectivity index (χ4v) is 2.33. The summed E-state index contributed by atoms with van der Waals surface area (Å²) in [4.78, 5) is 16.5. The van der Waals surface area contributed by atoms with Gasteiger partial charge in [-0.2, -0.15) is 0 Å². The molecule has 0 fully saturated rings. The second-order valence-electron chi connectivity index (χ2n) is 5.41. The Hall–Kier alpha value is -2.47. The zero-order chi connectivity index (χ0) is 18.1. The van der Waals surface area contributed by atoms with Crippen molar-refractivity contribution in [3.05, 3.63) is 52.9 Å². The van der Waals surface area contributed by atoms with E-state index in [1.54, 1.807) is 12.3 Å². The van der Waals surface area contributed by atoms with Crippen molar-refractivity contribution >= 4 is 29.2 Å². The van der Waals surface area contributed by atoms with E-state index in [4.69, 9.17) is 16.0 Å². The number of carbonyl (C=O) groups is 1. The van der Waals surface area contributed by atoms with Crippen LogP contribution < -0.4 is 16.0 Å². The summed E-state index contributed by atoms with van der Waals surface area (Å²) in [5.74, 6) is 1.34. The van der Waals surface area contributed by atoms with Gasteiger partial charge in [0.15, 0.2) is 5.96 Å². The molecule has 0 bridgehead atoms. The van der Waals surface area contributed by atoms with Gasteiger partial charge in [-0.05, 0) is 43.7 Å². The van der Waals surface area contributed by atoms with Crippen LogP contribution in [0.1, 0.15) is 24.7 Å². The van der Waals surface area contributed by atoms with Crippen molar-refractivity contribution in [2.45, 2.75) is 26.8 Å². The van der Waals surface area contributed by atoms with E-state index in [1.165, 1.54) is 0 Å². The van der Waals surface area contributed by atoms with Crippen molar-refractivity contribution in [2.24, 2.45) is 4.99 Å². The molecule has 0 atom stereocenters. The van der Waals surface area contributed by atoms with E-state index in [9.17, 15) is 4.79 Å². The van der Waals surface area contributed by atoms with Crippen LogP contribution in [0.4, 0.5) is 5.69 Å². The van der Waals surface area contributed by atoms with E-state index in [0.29, 0.717) is 30.5 Å². The summed E-state index contributed by atoms with van der Waals surface area (Å²) < 4.78 is 5.25. The maximum absolute atomic E-state index is 12.1. The van der Waals surface area contributed by atoms with Crippen molar-refractivity contribution in [3.63, 3.8) is 0 Å². The molecule has 0 saturated carbocycles. The fourth-order valence-electron chi connectivity index (χ4n) is 2.15. The Morgan fingerprint density at radius 3 is 2.80 bits per heavy atom. The molecule has 134 valence electrons. The van der Waals surface area contributed by atoms with Gasteiger partial charge in [-0.15, -0.1) is 0 Å². The molecule has 7 heteroatoms. The van der Waals surface area contributed by atoms with Crippen LogP contribution in [0.3, 0.4) is 0 Å². The number of nitrogens with one attached hydrogen (secondary N) is 3. The summed E-state index contributed by atoms with van der Waals surface area (Å²) in [6, 6.07) is 9.14. The number of halogens is 1. The van der Waals surface area contributed by atoms with E-state index in [2.05, 4.69) is 20.9 Å². The summed E-state index contributed by atoms with van der Waals surface area (Å²) in [7, 11) is 0. The monoisotopic (exact) mass is 362 g/mol. The third-order valence-electron chi connectivity index (χ3n) is 3.50. The first-order valence-electron chi connectivity index (χ1n) is 8.19. The van der Waals surface area contributed by atoms with Crippen LogP contribution in [0.5, 0.6) is 0 Å². The molecular formula is C18H23ClN4O2. The smallest absolute Gasteiger partial charge is 0.226 e. The van der Waals surface area contributed by atoms with Gasteiger partial charge in [0.2, 0.25) is 5.91 Å². The van der Waals surface area contributed by atoms with Gasteiger partial charge in [0.1, 0.15) is 12.3 Å². The van der Waals surface area contributed by atoms with Crippen LogP contribution in [-0.4, -0.2) is 25.0 Å². The van der Waals surface area contributed by atoms with Gasteiger partial charge in [0.05, 0.1) is 6.26 Å². The lowest BCUT2D eigenvalue weighted by Crippen LogP contribution is -2.38. The molecule has 0 aliphatic rings. The minimum absolute atomic E-state index is 0.0836. The molecule has 1 aromatic heterocycles. The number of anilines is 1. The lowest BCUT2D eigenvalue weighted by atomic mass is 10.2. The molecule has 2 rings (SSSR count). The number of aliphatic imine (C=N–C) groups is 1. The Morgan fingerprint density at radius 1 is 1.24 bits per heavy atom. The van der Waals surface area contributed by atoms with E-state index >= 15 is 0 Å². The summed E-state index contributed by atoms with van der Waals surface area (Å²) in [6.45, 7) is 5.50. The molecule has 6 nitrogen and oxygen atoms in total. The average molecular weight is 363 g/mol. The van der Waals surface area contributed by atoms with E-state index < -0.39 is 0 Å². The first-order valence-corrected chi connectivity index (χ1v) is 8.57. The molecule has 0 radical (unpaired) electrons. The molecule has 0 spiro atoms. The Kier molecular flexibility index (Phi) is 7.35. The van der Waals surface area contributed by atoms with E-state index in [0.717, 1.165) is 23.6 Å². The average Bonchev–Trinajstić information content (AvgIpc) is 3.10. The molecule has 0 aliphatic carbocycles. The Morgan fingerprint density at radius 2 is 2.08 bits per heavy atom. The Labute approximate surface area is 152 Å². The highest BCUT2D eigenvalue weighted by Crippen LogP contribution is 2.22. The fraction of sp³-hybridized carbons (Fsp3) is 0.333. The van der Waals surface area contributed by atoms with Crippen molar-refractivity contribution in [1.29, 1.82) is 0 Å². The standard InChI is InChI=1S/C18H23ClN4O2/c1-3-20-18(22-12-14-6-5-11-25-14)21-10-9-17(24)23-16-8-4-7-15(19)13(16)2/h4-8,11H,3,9-10,12H2,1-2H3,(H,23,24)(H2,20,21,22). The maximum atomic E-state index is 12.1. The quantitative estimate of drug-likeness (QED) is 0.521. The Balaban J connectivity index is 1.81. The summed E-state index contributed by atoms with van der Waals surface area (Å²) in [5, 5.41) is 9.78. The lowest BCUT2D eigenvalue weighted by molar-refractivity contribution is -0.116. The Bertz CT molecular complexity index is 714. The molecule has 0 aliphatic heterocycles. The van der Waals surface area contributed by atoms with Crippen molar-refractivity contribution in [3.8, 4) is 0 Å². The molecule has 1 aromatic carbocycles. The van der Waals surface area contributed by atoms with E-state index in [1.807, 2.05) is 38.1 Å². The number of furan rings is 1. The molecule has 2 aromatic rings. The van der Waals surface area contributed by atoms with Crippen LogP contribution in [0.2, 0.25) is 5.02 Å². The predicted octanol–water partition coefficient (Wildman–Crippen LogP) is 3.33. The van der Waals surface area contributed by atoms with Crippen LogP contribution >= 0.6 is 11.6 Å². The molecule has 25 heavy (non-hydrogen) atoms. The number of hydrogen-bond donors (Lipinski definition) is 3. The summed E-state index contributed by atoms with van der Waals surface area (Å²) >= 11 is 6.06. The van der Waals surface area contributed by atoms with Crippen LogP contribution in [-0.2, 0) is 11.3 Å². The van der Waals surface area contributed by atoms with Crippen molar-refractivity contribution in [2.75, 3.05) is 18.4 Å². The normalized spacial score (nSPS) is 11.2. The number of rotatable bonds is 7. The topological polar surface area (TPSA) is 78.7 Å². The van der Waals surface area contributed by atoms with Gasteiger partial charge in [-0.25, -0.2) is 4.99 Å². The van der Waals surface area contributed by atoms with Gasteiger partial charge in [0.25, 0.3) is 0 Å². The van der Waals surface area contributed by atoms with Crippen LogP contribution in [0.15, 0.2) is 46.0 Å². The SMILES string of the molecule is CCNC(=NCc1ccco1)NCCC(=O)Nc1cccc(Cl)c1C. The first kappa shape index (κ1) is 18.9. The minimum Gasteiger partial charge on any atom is -0.467 e. The maximum Gasteiger partial charge on any atom is 0.226 e. The summed E-state index contributed by atoms with van der Waals surface area (Å²) in [6.07, 6.45) is 1.94. The molecule has 3 N–H and O–H groups in total. The third kappa shape index (κ3) is 6.15. The lowest BCUT2D eigenvalue weighted by Gasteiger charge is -2.12. The van der Waals surface area contributed by atoms with Crippen molar-refractivity contribution < 1.29 is 9.21 Å². The second-order valence-corrected chi connectivity index (χ2v) is 5.82. The highest BCUT2D eigenvalue weighted by atomic mass is 35.5. The molecule has 1 heterocycles. The van der Waals surface area contributed by atoms with Gasteiger partial charge in [-0.1, -0.05) is 17.7 Å². The predicted molar refractivity (Wildman–Crippen MR) is 101 cm³/mol. The minimum atomic E-state index is -0.0836. The number of nitrogens with zero attached hydrogens (tertiary/aromatic N) is 1. The largest absolute Gasteiger partial charge is 0.467 e. The van der Waals surface area contributed by atoms with Crippen molar-refractivity contribution in [1.82, 2.24) is 10.6 Å². The molecule has 1 amide bonds. The molecular weight excluding hydrogens is 340 g/mol. The third-order valence-corrected chi connectivity index (χ3v) is 3.91. The highest BCUT2D eigenvalue weighted by molar-refractivity contribution is 6.31. The second kappa shape index (κ2) is 9.74. The van der Waals surface area contributed by atoms with Gasteiger partial charge in [-0.3, -0.25) is 4.79 Å². The van der Waals surface area contributed by atoms with E-state index in [-0.39, 0.29) is 5.91 Å². The summed E-state index contributed by atoms with van der Waals surface area (Å²) in [5.41, 5.74) is 1.59. The van der Waals surface area contributed by atoms with Crippen LogP contribution in [0.25, 0.3) is 0 Å². The number of amides is 1. The zero-order valence-corrected chi connectivity index (χ0v) is 15.2. The van der Waals surface area contributed by atoms with Crippen LogP contribution in [0, 0.1) is 6.92 Å². The van der Waals surface area contributed by atoms with Gasteiger partial charge < -0.3 is 20.4 Å². The number of benzene rings is 1. The zero-order valence-electron chi connectivity index (χ0n) is 14.4. The molecule has 0 saturated heterocycles. The number of carbonyl (C=O) groups excluding carboxylic acids is 1. The van der Waals surface area contributed by atoms with Gasteiger partial charge in [0, 0.05) is 30.2 Å². The highest BCUT2D eigenvalue weighted by Gasteiger charge is 2.07. The first-order chi connectivity index (χ1) is 12.1. The number of hydrogen-bond acceptors (Lipinski definition) is 3. The molecule has 0 unspecified atom stereocenters. The number of guanidine groups is 1.